The van der Waals surface area contributed by atoms with Crippen LogP contribution in [0, 0.1) is 0 Å². The highest BCUT2D eigenvalue weighted by Gasteiger charge is 2.02. The summed E-state index contributed by atoms with van der Waals surface area (Å²) < 4.78 is 6.09. The smallest absolute Gasteiger partial charge is 0.160 e. The maximum atomic E-state index is 9.69. The molecule has 0 atom stereocenters. The second-order valence-corrected chi connectivity index (χ2v) is 5.16. The predicted molar refractivity (Wildman–Crippen MR) is 79.3 cm³/mol. The van der Waals surface area contributed by atoms with E-state index >= 15 is 0 Å². The fraction of sp³-hybridized carbons (Fsp3) is 0.200. The van der Waals surface area contributed by atoms with Gasteiger partial charge in [0.2, 0.25) is 0 Å². The van der Waals surface area contributed by atoms with E-state index in [9.17, 15) is 5.11 Å². The zero-order valence-corrected chi connectivity index (χ0v) is 12.3. The van der Waals surface area contributed by atoms with Gasteiger partial charge in [-0.2, -0.15) is 0 Å². The molecule has 19 heavy (non-hydrogen) atoms. The van der Waals surface area contributed by atoms with Gasteiger partial charge in [0.05, 0.1) is 7.11 Å². The topological polar surface area (TPSA) is 41.5 Å². The molecular weight excluding hydrogens is 306 g/mol. The Bertz CT molecular complexity index is 558. The van der Waals surface area contributed by atoms with E-state index in [2.05, 4.69) is 33.4 Å². The summed E-state index contributed by atoms with van der Waals surface area (Å²) in [5, 5.41) is 13.0. The number of phenolic OH excluding ortho intramolecular Hbond substituents is 1. The standard InChI is InChI=1S/C15H16BrNO2/c1-19-15-6-5-12(8-14(15)18)10-17-9-11-3-2-4-13(16)7-11/h2-8,17-18H,9-10H2,1H3. The van der Waals surface area contributed by atoms with Gasteiger partial charge in [-0.15, -0.1) is 0 Å². The zero-order valence-electron chi connectivity index (χ0n) is 10.7. The molecule has 2 N–H and O–H groups in total. The second-order valence-electron chi connectivity index (χ2n) is 4.24. The van der Waals surface area contributed by atoms with E-state index in [1.165, 1.54) is 5.56 Å². The normalized spacial score (nSPS) is 10.4. The fourth-order valence-corrected chi connectivity index (χ4v) is 2.29. The van der Waals surface area contributed by atoms with E-state index < -0.39 is 0 Å². The Labute approximate surface area is 121 Å². The molecular formula is C15H16BrNO2. The molecule has 0 aliphatic rings. The van der Waals surface area contributed by atoms with E-state index in [1.54, 1.807) is 19.2 Å². The van der Waals surface area contributed by atoms with Crippen molar-refractivity contribution in [2.24, 2.45) is 0 Å². The van der Waals surface area contributed by atoms with Gasteiger partial charge in [0.25, 0.3) is 0 Å². The quantitative estimate of drug-likeness (QED) is 0.886. The van der Waals surface area contributed by atoms with E-state index in [4.69, 9.17) is 4.74 Å². The first-order valence-electron chi connectivity index (χ1n) is 6.00. The summed E-state index contributed by atoms with van der Waals surface area (Å²) in [7, 11) is 1.54. The van der Waals surface area contributed by atoms with Crippen LogP contribution in [0.25, 0.3) is 0 Å². The van der Waals surface area contributed by atoms with Crippen LogP contribution >= 0.6 is 15.9 Å². The Morgan fingerprint density at radius 2 is 1.84 bits per heavy atom. The number of hydrogen-bond acceptors (Lipinski definition) is 3. The van der Waals surface area contributed by atoms with Crippen molar-refractivity contribution < 1.29 is 9.84 Å². The van der Waals surface area contributed by atoms with Gasteiger partial charge in [-0.05, 0) is 35.4 Å². The molecule has 0 fully saturated rings. The lowest BCUT2D eigenvalue weighted by Gasteiger charge is -2.08. The minimum absolute atomic E-state index is 0.171. The molecule has 0 aliphatic carbocycles. The lowest BCUT2D eigenvalue weighted by Crippen LogP contribution is -2.12. The highest BCUT2D eigenvalue weighted by Crippen LogP contribution is 2.26. The third-order valence-corrected chi connectivity index (χ3v) is 3.28. The number of methoxy groups -OCH3 is 1. The first kappa shape index (κ1) is 13.9. The molecule has 0 saturated heterocycles. The third-order valence-electron chi connectivity index (χ3n) is 2.79. The summed E-state index contributed by atoms with van der Waals surface area (Å²) in [6.07, 6.45) is 0. The number of halogens is 1. The largest absolute Gasteiger partial charge is 0.504 e. The average molecular weight is 322 g/mol. The summed E-state index contributed by atoms with van der Waals surface area (Å²) in [5.41, 5.74) is 2.24. The average Bonchev–Trinajstić information content (AvgIpc) is 2.39. The van der Waals surface area contributed by atoms with Crippen molar-refractivity contribution >= 4 is 15.9 Å². The van der Waals surface area contributed by atoms with Crippen LogP contribution in [0.15, 0.2) is 46.9 Å². The maximum Gasteiger partial charge on any atom is 0.160 e. The number of nitrogens with one attached hydrogen (secondary N) is 1. The van der Waals surface area contributed by atoms with Crippen molar-refractivity contribution in [2.75, 3.05) is 7.11 Å². The van der Waals surface area contributed by atoms with Crippen molar-refractivity contribution in [3.05, 3.63) is 58.1 Å². The van der Waals surface area contributed by atoms with E-state index in [1.807, 2.05) is 18.2 Å². The molecule has 0 amide bonds. The maximum absolute atomic E-state index is 9.69. The number of hydrogen-bond donors (Lipinski definition) is 2. The van der Waals surface area contributed by atoms with Gasteiger partial charge in [0, 0.05) is 17.6 Å². The van der Waals surface area contributed by atoms with Crippen LogP contribution in [0.1, 0.15) is 11.1 Å². The number of aromatic hydroxyl groups is 1. The summed E-state index contributed by atoms with van der Waals surface area (Å²) >= 11 is 3.45. The predicted octanol–water partition coefficient (Wildman–Crippen LogP) is 3.45. The molecule has 0 unspecified atom stereocenters. The molecule has 0 aromatic heterocycles. The molecule has 0 radical (unpaired) electrons. The molecule has 0 saturated carbocycles. The van der Waals surface area contributed by atoms with Crippen LogP contribution in [0.3, 0.4) is 0 Å². The first-order chi connectivity index (χ1) is 9.19. The van der Waals surface area contributed by atoms with Crippen LogP contribution in [0.2, 0.25) is 0 Å². The van der Waals surface area contributed by atoms with Crippen LogP contribution in [-0.2, 0) is 13.1 Å². The number of ether oxygens (including phenoxy) is 1. The van der Waals surface area contributed by atoms with Crippen LogP contribution < -0.4 is 10.1 Å². The van der Waals surface area contributed by atoms with Crippen molar-refractivity contribution in [1.29, 1.82) is 0 Å². The van der Waals surface area contributed by atoms with Crippen molar-refractivity contribution in [3.63, 3.8) is 0 Å². The van der Waals surface area contributed by atoms with E-state index in [-0.39, 0.29) is 5.75 Å². The van der Waals surface area contributed by atoms with Crippen molar-refractivity contribution in [2.45, 2.75) is 13.1 Å². The Balaban J connectivity index is 1.90. The number of rotatable bonds is 5. The number of phenols is 1. The lowest BCUT2D eigenvalue weighted by atomic mass is 10.2. The van der Waals surface area contributed by atoms with Crippen molar-refractivity contribution in [3.8, 4) is 11.5 Å². The summed E-state index contributed by atoms with van der Waals surface area (Å²) in [5.74, 6) is 0.667. The third kappa shape index (κ3) is 3.98. The highest BCUT2D eigenvalue weighted by molar-refractivity contribution is 9.10. The molecule has 0 aliphatic heterocycles. The van der Waals surface area contributed by atoms with Gasteiger partial charge < -0.3 is 15.2 Å². The van der Waals surface area contributed by atoms with Gasteiger partial charge >= 0.3 is 0 Å². The monoisotopic (exact) mass is 321 g/mol. The van der Waals surface area contributed by atoms with Crippen molar-refractivity contribution in [1.82, 2.24) is 5.32 Å². The first-order valence-corrected chi connectivity index (χ1v) is 6.79. The Hall–Kier alpha value is -1.52. The zero-order chi connectivity index (χ0) is 13.7. The lowest BCUT2D eigenvalue weighted by molar-refractivity contribution is 0.373. The second kappa shape index (κ2) is 6.59. The van der Waals surface area contributed by atoms with Gasteiger partial charge in [0.1, 0.15) is 0 Å². The molecule has 2 aromatic rings. The van der Waals surface area contributed by atoms with Crippen LogP contribution in [0.5, 0.6) is 11.5 Å². The molecule has 3 nitrogen and oxygen atoms in total. The highest BCUT2D eigenvalue weighted by atomic mass is 79.9. The van der Waals surface area contributed by atoms with E-state index in [0.29, 0.717) is 12.3 Å². The number of benzene rings is 2. The fourth-order valence-electron chi connectivity index (χ4n) is 1.84. The SMILES string of the molecule is COc1ccc(CNCc2cccc(Br)c2)cc1O. The molecule has 4 heteroatoms. The molecule has 0 bridgehead atoms. The van der Waals surface area contributed by atoms with E-state index in [0.717, 1.165) is 16.6 Å². The minimum atomic E-state index is 0.171. The Morgan fingerprint density at radius 3 is 2.47 bits per heavy atom. The minimum Gasteiger partial charge on any atom is -0.504 e. The summed E-state index contributed by atoms with van der Waals surface area (Å²) in [4.78, 5) is 0. The Kier molecular flexibility index (Phi) is 4.82. The molecule has 2 rings (SSSR count). The van der Waals surface area contributed by atoms with Gasteiger partial charge in [-0.1, -0.05) is 34.1 Å². The van der Waals surface area contributed by atoms with Gasteiger partial charge in [-0.3, -0.25) is 0 Å². The molecule has 0 heterocycles. The summed E-state index contributed by atoms with van der Waals surface area (Å²) in [6, 6.07) is 13.6. The molecule has 100 valence electrons. The van der Waals surface area contributed by atoms with Gasteiger partial charge in [0.15, 0.2) is 11.5 Å². The summed E-state index contributed by atoms with van der Waals surface area (Å²) in [6.45, 7) is 1.48. The van der Waals surface area contributed by atoms with Gasteiger partial charge in [-0.25, -0.2) is 0 Å². The van der Waals surface area contributed by atoms with Crippen LogP contribution in [-0.4, -0.2) is 12.2 Å². The molecule has 2 aromatic carbocycles. The van der Waals surface area contributed by atoms with Crippen LogP contribution in [0.4, 0.5) is 0 Å². The molecule has 0 spiro atoms. The Morgan fingerprint density at radius 1 is 1.11 bits per heavy atom.